The minimum Gasteiger partial charge on any atom is -0.383 e. The Balaban J connectivity index is 2.21. The van der Waals surface area contributed by atoms with Crippen LogP contribution in [-0.2, 0) is 9.47 Å². The van der Waals surface area contributed by atoms with Crippen molar-refractivity contribution in [2.45, 2.75) is 31.5 Å². The largest absolute Gasteiger partial charge is 0.383 e. The van der Waals surface area contributed by atoms with E-state index in [9.17, 15) is 0 Å². The molecule has 1 aliphatic carbocycles. The maximum atomic E-state index is 6.29. The number of rotatable bonds is 7. The summed E-state index contributed by atoms with van der Waals surface area (Å²) in [6.07, 6.45) is 0.969. The van der Waals surface area contributed by atoms with Crippen LogP contribution in [0.5, 0.6) is 0 Å². The normalized spacial score (nSPS) is 23.1. The summed E-state index contributed by atoms with van der Waals surface area (Å²) < 4.78 is 10.6. The lowest BCUT2D eigenvalue weighted by atomic mass is 10.1. The Bertz CT molecular complexity index is 425. The van der Waals surface area contributed by atoms with Gasteiger partial charge in [-0.2, -0.15) is 0 Å². The van der Waals surface area contributed by atoms with Gasteiger partial charge in [-0.15, -0.1) is 0 Å². The standard InChI is InChI=1S/C16H26N2O2/c1-12(11-20-3)18(8-9-19-2)16-10-15(17)13-6-4-5-7-14(13)16/h4-7,12,15-16H,8-11,17H2,1-3H3. The Morgan fingerprint density at radius 2 is 1.95 bits per heavy atom. The van der Waals surface area contributed by atoms with Gasteiger partial charge >= 0.3 is 0 Å². The van der Waals surface area contributed by atoms with Crippen LogP contribution in [0.4, 0.5) is 0 Å². The average Bonchev–Trinajstić information content (AvgIpc) is 2.78. The molecule has 3 unspecified atom stereocenters. The minimum atomic E-state index is 0.135. The molecular formula is C16H26N2O2. The Labute approximate surface area is 121 Å². The van der Waals surface area contributed by atoms with Gasteiger partial charge in [0.25, 0.3) is 0 Å². The molecule has 4 heteroatoms. The molecule has 0 amide bonds. The van der Waals surface area contributed by atoms with E-state index in [2.05, 4.69) is 36.1 Å². The van der Waals surface area contributed by atoms with Gasteiger partial charge < -0.3 is 15.2 Å². The van der Waals surface area contributed by atoms with Gasteiger partial charge in [0.15, 0.2) is 0 Å². The maximum absolute atomic E-state index is 6.29. The van der Waals surface area contributed by atoms with E-state index in [0.29, 0.717) is 12.1 Å². The van der Waals surface area contributed by atoms with Crippen molar-refractivity contribution in [1.29, 1.82) is 0 Å². The summed E-state index contributed by atoms with van der Waals surface area (Å²) in [5.41, 5.74) is 8.93. The third-order valence-electron chi connectivity index (χ3n) is 4.16. The van der Waals surface area contributed by atoms with Crippen molar-refractivity contribution in [2.24, 2.45) is 5.73 Å². The van der Waals surface area contributed by atoms with Crippen LogP contribution in [0.15, 0.2) is 24.3 Å². The lowest BCUT2D eigenvalue weighted by Gasteiger charge is -2.34. The van der Waals surface area contributed by atoms with Gasteiger partial charge in [-0.05, 0) is 24.5 Å². The SMILES string of the molecule is COCCN(C(C)COC)C1CC(N)c2ccccc21. The second kappa shape index (κ2) is 7.18. The summed E-state index contributed by atoms with van der Waals surface area (Å²) in [6.45, 7) is 4.54. The molecule has 0 aliphatic heterocycles. The fourth-order valence-corrected chi connectivity index (χ4v) is 3.18. The molecule has 1 aliphatic rings. The molecule has 112 valence electrons. The molecule has 0 saturated carbocycles. The zero-order chi connectivity index (χ0) is 14.5. The Kier molecular flexibility index (Phi) is 5.54. The summed E-state index contributed by atoms with van der Waals surface area (Å²) in [5.74, 6) is 0. The molecule has 0 radical (unpaired) electrons. The highest BCUT2D eigenvalue weighted by Gasteiger charge is 2.34. The molecule has 0 saturated heterocycles. The van der Waals surface area contributed by atoms with Crippen molar-refractivity contribution in [3.05, 3.63) is 35.4 Å². The first-order valence-corrected chi connectivity index (χ1v) is 7.27. The summed E-state index contributed by atoms with van der Waals surface area (Å²) >= 11 is 0. The van der Waals surface area contributed by atoms with Crippen molar-refractivity contribution in [3.8, 4) is 0 Å². The van der Waals surface area contributed by atoms with Crippen LogP contribution in [0.2, 0.25) is 0 Å². The van der Waals surface area contributed by atoms with Gasteiger partial charge in [-0.1, -0.05) is 24.3 Å². The molecule has 0 spiro atoms. The Hall–Kier alpha value is -0.940. The lowest BCUT2D eigenvalue weighted by molar-refractivity contribution is 0.0454. The molecule has 1 aromatic rings. The zero-order valence-electron chi connectivity index (χ0n) is 12.7. The first kappa shape index (κ1) is 15.4. The molecule has 0 bridgehead atoms. The summed E-state index contributed by atoms with van der Waals surface area (Å²) in [6, 6.07) is 9.36. The molecule has 3 atom stereocenters. The van der Waals surface area contributed by atoms with Crippen molar-refractivity contribution >= 4 is 0 Å². The van der Waals surface area contributed by atoms with Crippen molar-refractivity contribution < 1.29 is 9.47 Å². The predicted molar refractivity (Wildman–Crippen MR) is 80.6 cm³/mol. The van der Waals surface area contributed by atoms with Crippen LogP contribution in [-0.4, -0.2) is 44.9 Å². The van der Waals surface area contributed by atoms with Gasteiger partial charge in [0.1, 0.15) is 0 Å². The van der Waals surface area contributed by atoms with Gasteiger partial charge in [-0.3, -0.25) is 4.90 Å². The molecule has 0 heterocycles. The van der Waals surface area contributed by atoms with Crippen LogP contribution in [0.25, 0.3) is 0 Å². The van der Waals surface area contributed by atoms with E-state index in [-0.39, 0.29) is 6.04 Å². The van der Waals surface area contributed by atoms with Gasteiger partial charge in [0.05, 0.1) is 13.2 Å². The lowest BCUT2D eigenvalue weighted by Crippen LogP contribution is -2.40. The third-order valence-corrected chi connectivity index (χ3v) is 4.16. The molecule has 1 aromatic carbocycles. The second-order valence-electron chi connectivity index (χ2n) is 5.52. The molecule has 0 fully saturated rings. The highest BCUT2D eigenvalue weighted by molar-refractivity contribution is 5.37. The van der Waals surface area contributed by atoms with E-state index in [1.54, 1.807) is 14.2 Å². The van der Waals surface area contributed by atoms with Crippen LogP contribution in [0.3, 0.4) is 0 Å². The minimum absolute atomic E-state index is 0.135. The molecule has 0 aromatic heterocycles. The smallest absolute Gasteiger partial charge is 0.0615 e. The number of benzene rings is 1. The fraction of sp³-hybridized carbons (Fsp3) is 0.625. The number of nitrogens with two attached hydrogens (primary N) is 1. The van der Waals surface area contributed by atoms with Crippen molar-refractivity contribution in [2.75, 3.05) is 34.0 Å². The summed E-state index contributed by atoms with van der Waals surface area (Å²) in [4.78, 5) is 2.46. The number of hydrogen-bond acceptors (Lipinski definition) is 4. The summed E-state index contributed by atoms with van der Waals surface area (Å²) in [5, 5.41) is 0. The fourth-order valence-electron chi connectivity index (χ4n) is 3.18. The quantitative estimate of drug-likeness (QED) is 0.830. The zero-order valence-corrected chi connectivity index (χ0v) is 12.7. The van der Waals surface area contributed by atoms with Gasteiger partial charge in [0.2, 0.25) is 0 Å². The average molecular weight is 278 g/mol. The first-order valence-electron chi connectivity index (χ1n) is 7.27. The Morgan fingerprint density at radius 1 is 1.25 bits per heavy atom. The highest BCUT2D eigenvalue weighted by atomic mass is 16.5. The topological polar surface area (TPSA) is 47.7 Å². The van der Waals surface area contributed by atoms with E-state index >= 15 is 0 Å². The van der Waals surface area contributed by atoms with Crippen LogP contribution >= 0.6 is 0 Å². The monoisotopic (exact) mass is 278 g/mol. The second-order valence-corrected chi connectivity index (χ2v) is 5.52. The van der Waals surface area contributed by atoms with E-state index < -0.39 is 0 Å². The molecule has 4 nitrogen and oxygen atoms in total. The molecule has 2 N–H and O–H groups in total. The molecular weight excluding hydrogens is 252 g/mol. The highest BCUT2D eigenvalue weighted by Crippen LogP contribution is 2.41. The molecule has 20 heavy (non-hydrogen) atoms. The van der Waals surface area contributed by atoms with E-state index in [1.807, 2.05) is 0 Å². The number of fused-ring (bicyclic) bond motifs is 1. The van der Waals surface area contributed by atoms with Crippen LogP contribution in [0.1, 0.15) is 36.6 Å². The van der Waals surface area contributed by atoms with Crippen molar-refractivity contribution in [3.63, 3.8) is 0 Å². The summed E-state index contributed by atoms with van der Waals surface area (Å²) in [7, 11) is 3.49. The molecule has 2 rings (SSSR count). The predicted octanol–water partition coefficient (Wildman–Crippen LogP) is 2.11. The third kappa shape index (κ3) is 3.20. The van der Waals surface area contributed by atoms with E-state index in [1.165, 1.54) is 11.1 Å². The van der Waals surface area contributed by atoms with Crippen LogP contribution < -0.4 is 5.73 Å². The van der Waals surface area contributed by atoms with Gasteiger partial charge in [0, 0.05) is 38.9 Å². The number of ether oxygens (including phenoxy) is 2. The maximum Gasteiger partial charge on any atom is 0.0615 e. The van der Waals surface area contributed by atoms with Crippen molar-refractivity contribution in [1.82, 2.24) is 4.90 Å². The Morgan fingerprint density at radius 3 is 2.60 bits per heavy atom. The number of hydrogen-bond donors (Lipinski definition) is 1. The first-order chi connectivity index (χ1) is 9.69. The van der Waals surface area contributed by atoms with E-state index in [4.69, 9.17) is 15.2 Å². The number of nitrogens with zero attached hydrogens (tertiary/aromatic N) is 1. The van der Waals surface area contributed by atoms with Crippen LogP contribution in [0, 0.1) is 0 Å². The van der Waals surface area contributed by atoms with E-state index in [0.717, 1.165) is 26.2 Å². The van der Waals surface area contributed by atoms with Gasteiger partial charge in [-0.25, -0.2) is 0 Å². The number of methoxy groups -OCH3 is 2.